The Morgan fingerprint density at radius 3 is 2.27 bits per heavy atom. The number of fused-ring (bicyclic) bond motifs is 1. The fraction of sp³-hybridized carbons (Fsp3) is 0.130. The molecule has 0 aliphatic heterocycles. The molecular formula is C23H22N4O2S. The summed E-state index contributed by atoms with van der Waals surface area (Å²) >= 11 is 0. The molecule has 30 heavy (non-hydrogen) atoms. The molecule has 4 aromatic rings. The number of nitrogens with one attached hydrogen (secondary N) is 2. The van der Waals surface area contributed by atoms with Crippen molar-refractivity contribution in [2.45, 2.75) is 6.42 Å². The fourth-order valence-electron chi connectivity index (χ4n) is 3.21. The highest BCUT2D eigenvalue weighted by Gasteiger charge is 2.10. The minimum Gasteiger partial charge on any atom is -0.369 e. The van der Waals surface area contributed by atoms with Crippen molar-refractivity contribution in [1.29, 1.82) is 0 Å². The molecule has 0 radical (unpaired) electrons. The van der Waals surface area contributed by atoms with Crippen molar-refractivity contribution >= 4 is 32.4 Å². The van der Waals surface area contributed by atoms with E-state index in [4.69, 9.17) is 4.98 Å². The predicted octanol–water partition coefficient (Wildman–Crippen LogP) is 4.32. The highest BCUT2D eigenvalue weighted by molar-refractivity contribution is 7.92. The van der Waals surface area contributed by atoms with E-state index in [1.807, 2.05) is 54.6 Å². The van der Waals surface area contributed by atoms with Gasteiger partial charge in [-0.05, 0) is 48.4 Å². The van der Waals surface area contributed by atoms with E-state index in [0.29, 0.717) is 11.5 Å². The van der Waals surface area contributed by atoms with Gasteiger partial charge in [-0.2, -0.15) is 0 Å². The molecule has 1 aromatic heterocycles. The van der Waals surface area contributed by atoms with Crippen molar-refractivity contribution in [1.82, 2.24) is 9.97 Å². The van der Waals surface area contributed by atoms with Gasteiger partial charge in [-0.1, -0.05) is 42.5 Å². The van der Waals surface area contributed by atoms with E-state index in [2.05, 4.69) is 27.2 Å². The third-order valence-corrected chi connectivity index (χ3v) is 5.21. The maximum Gasteiger partial charge on any atom is 0.229 e. The highest BCUT2D eigenvalue weighted by Crippen LogP contribution is 2.26. The molecule has 0 aliphatic rings. The van der Waals surface area contributed by atoms with Crippen molar-refractivity contribution in [2.24, 2.45) is 0 Å². The van der Waals surface area contributed by atoms with Gasteiger partial charge in [0.05, 0.1) is 11.8 Å². The molecule has 6 nitrogen and oxygen atoms in total. The van der Waals surface area contributed by atoms with Crippen LogP contribution < -0.4 is 10.0 Å². The van der Waals surface area contributed by atoms with Crippen LogP contribution in [0.4, 0.5) is 11.5 Å². The van der Waals surface area contributed by atoms with Crippen molar-refractivity contribution in [3.05, 3.63) is 84.4 Å². The highest BCUT2D eigenvalue weighted by atomic mass is 32.2. The Labute approximate surface area is 176 Å². The monoisotopic (exact) mass is 418 g/mol. The molecule has 7 heteroatoms. The molecule has 3 aromatic carbocycles. The van der Waals surface area contributed by atoms with Crippen molar-refractivity contribution in [2.75, 3.05) is 22.8 Å². The van der Waals surface area contributed by atoms with Crippen molar-refractivity contribution in [3.8, 4) is 11.4 Å². The molecule has 0 saturated carbocycles. The van der Waals surface area contributed by atoms with Gasteiger partial charge in [-0.15, -0.1) is 0 Å². The second kappa shape index (κ2) is 8.51. The number of hydrogen-bond donors (Lipinski definition) is 2. The van der Waals surface area contributed by atoms with E-state index in [-0.39, 0.29) is 0 Å². The zero-order valence-electron chi connectivity index (χ0n) is 16.5. The molecule has 2 N–H and O–H groups in total. The maximum atomic E-state index is 11.4. The van der Waals surface area contributed by atoms with Gasteiger partial charge in [0.2, 0.25) is 10.0 Å². The van der Waals surface area contributed by atoms with E-state index in [9.17, 15) is 8.42 Å². The lowest BCUT2D eigenvalue weighted by Crippen LogP contribution is -2.09. The lowest BCUT2D eigenvalue weighted by molar-refractivity contribution is 0.607. The molecule has 0 atom stereocenters. The normalized spacial score (nSPS) is 11.4. The molecule has 0 unspecified atom stereocenters. The van der Waals surface area contributed by atoms with Crippen LogP contribution in [0.2, 0.25) is 0 Å². The number of aromatic nitrogens is 2. The topological polar surface area (TPSA) is 84.0 Å². The maximum absolute atomic E-state index is 11.4. The minimum atomic E-state index is -3.31. The number of anilines is 2. The summed E-state index contributed by atoms with van der Waals surface area (Å²) in [5.41, 5.74) is 3.43. The summed E-state index contributed by atoms with van der Waals surface area (Å²) in [6.07, 6.45) is 2.01. The lowest BCUT2D eigenvalue weighted by atomic mass is 10.1. The lowest BCUT2D eigenvalue weighted by Gasteiger charge is -2.11. The van der Waals surface area contributed by atoms with E-state index in [0.717, 1.165) is 41.5 Å². The van der Waals surface area contributed by atoms with Gasteiger partial charge < -0.3 is 5.32 Å². The van der Waals surface area contributed by atoms with E-state index in [1.54, 1.807) is 12.1 Å². The number of para-hydroxylation sites is 1. The molecule has 4 rings (SSSR count). The second-order valence-corrected chi connectivity index (χ2v) is 8.78. The Morgan fingerprint density at radius 1 is 0.833 bits per heavy atom. The van der Waals surface area contributed by atoms with E-state index >= 15 is 0 Å². The van der Waals surface area contributed by atoms with Crippen LogP contribution in [-0.2, 0) is 16.4 Å². The van der Waals surface area contributed by atoms with Crippen LogP contribution in [0.3, 0.4) is 0 Å². The fourth-order valence-corrected chi connectivity index (χ4v) is 3.78. The first kappa shape index (κ1) is 19.8. The van der Waals surface area contributed by atoms with Crippen molar-refractivity contribution < 1.29 is 8.42 Å². The van der Waals surface area contributed by atoms with Gasteiger partial charge in [0.15, 0.2) is 5.82 Å². The number of benzene rings is 3. The summed E-state index contributed by atoms with van der Waals surface area (Å²) in [4.78, 5) is 9.43. The van der Waals surface area contributed by atoms with E-state index < -0.39 is 10.0 Å². The zero-order valence-corrected chi connectivity index (χ0v) is 17.4. The molecule has 0 bridgehead atoms. The molecule has 0 amide bonds. The summed E-state index contributed by atoms with van der Waals surface area (Å²) in [5, 5.41) is 4.41. The Balaban J connectivity index is 1.61. The number of nitrogens with zero attached hydrogens (tertiary/aromatic N) is 2. The van der Waals surface area contributed by atoms with Crippen LogP contribution in [0.25, 0.3) is 22.3 Å². The second-order valence-electron chi connectivity index (χ2n) is 7.03. The molecule has 152 valence electrons. The first-order valence-corrected chi connectivity index (χ1v) is 11.5. The van der Waals surface area contributed by atoms with Gasteiger partial charge in [-0.25, -0.2) is 18.4 Å². The first-order valence-electron chi connectivity index (χ1n) is 9.61. The van der Waals surface area contributed by atoms with Gasteiger partial charge in [0.25, 0.3) is 0 Å². The quantitative estimate of drug-likeness (QED) is 0.467. The Kier molecular flexibility index (Phi) is 5.63. The molecule has 0 spiro atoms. The van der Waals surface area contributed by atoms with Gasteiger partial charge >= 0.3 is 0 Å². The van der Waals surface area contributed by atoms with Gasteiger partial charge in [-0.3, -0.25) is 4.72 Å². The third kappa shape index (κ3) is 4.93. The summed E-state index contributed by atoms with van der Waals surface area (Å²) in [5.74, 6) is 1.37. The number of sulfonamides is 1. The summed E-state index contributed by atoms with van der Waals surface area (Å²) in [7, 11) is -3.31. The smallest absolute Gasteiger partial charge is 0.229 e. The van der Waals surface area contributed by atoms with Crippen LogP contribution in [-0.4, -0.2) is 31.2 Å². The third-order valence-electron chi connectivity index (χ3n) is 4.60. The predicted molar refractivity (Wildman–Crippen MR) is 122 cm³/mol. The Hall–Kier alpha value is -3.45. The van der Waals surface area contributed by atoms with Crippen LogP contribution in [0.15, 0.2) is 78.9 Å². The zero-order chi connectivity index (χ0) is 21.0. The summed E-state index contributed by atoms with van der Waals surface area (Å²) in [6, 6.07) is 25.2. The van der Waals surface area contributed by atoms with E-state index in [1.165, 1.54) is 5.56 Å². The molecule has 0 fully saturated rings. The molecule has 0 saturated heterocycles. The summed E-state index contributed by atoms with van der Waals surface area (Å²) < 4.78 is 25.3. The van der Waals surface area contributed by atoms with Crippen LogP contribution in [0.5, 0.6) is 0 Å². The standard InChI is InChI=1S/C23H22N4O2S/c1-30(28,29)27-19-13-11-18(12-14-19)22-25-21-10-6-5-9-20(21)23(26-22)24-16-15-17-7-3-2-4-8-17/h2-14,27H,15-16H2,1H3,(H,24,25,26). The average Bonchev–Trinajstić information content (AvgIpc) is 2.74. The number of rotatable bonds is 7. The first-order chi connectivity index (χ1) is 14.5. The average molecular weight is 419 g/mol. The Morgan fingerprint density at radius 2 is 1.53 bits per heavy atom. The molecule has 0 aliphatic carbocycles. The number of hydrogen-bond acceptors (Lipinski definition) is 5. The Bertz CT molecular complexity index is 1260. The minimum absolute atomic E-state index is 0.503. The summed E-state index contributed by atoms with van der Waals surface area (Å²) in [6.45, 7) is 0.752. The van der Waals surface area contributed by atoms with Crippen molar-refractivity contribution in [3.63, 3.8) is 0 Å². The van der Waals surface area contributed by atoms with Crippen LogP contribution in [0, 0.1) is 0 Å². The van der Waals surface area contributed by atoms with Crippen LogP contribution >= 0.6 is 0 Å². The largest absolute Gasteiger partial charge is 0.369 e. The van der Waals surface area contributed by atoms with Gasteiger partial charge in [0.1, 0.15) is 5.82 Å². The molecular weight excluding hydrogens is 396 g/mol. The molecule has 1 heterocycles. The van der Waals surface area contributed by atoms with Crippen LogP contribution in [0.1, 0.15) is 5.56 Å². The SMILES string of the molecule is CS(=O)(=O)Nc1ccc(-c2nc(NCCc3ccccc3)c3ccccc3n2)cc1. The van der Waals surface area contributed by atoms with Gasteiger partial charge in [0, 0.05) is 23.2 Å².